The number of amides is 1. The first-order valence-corrected chi connectivity index (χ1v) is 8.18. The summed E-state index contributed by atoms with van der Waals surface area (Å²) < 4.78 is 13.6. The van der Waals surface area contributed by atoms with Crippen molar-refractivity contribution in [2.45, 2.75) is 45.4 Å². The summed E-state index contributed by atoms with van der Waals surface area (Å²) in [4.78, 5) is 12.2. The zero-order chi connectivity index (χ0) is 16.0. The summed E-state index contributed by atoms with van der Waals surface area (Å²) in [6.07, 6.45) is 5.75. The molecule has 4 heteroatoms. The largest absolute Gasteiger partial charge is 0.396 e. The molecule has 1 amide bonds. The lowest BCUT2D eigenvalue weighted by Gasteiger charge is -2.36. The Hall–Kier alpha value is -1.42. The second kappa shape index (κ2) is 7.73. The number of hydrogen-bond acceptors (Lipinski definition) is 2. The van der Waals surface area contributed by atoms with E-state index < -0.39 is 0 Å². The van der Waals surface area contributed by atoms with E-state index in [4.69, 9.17) is 0 Å². The summed E-state index contributed by atoms with van der Waals surface area (Å²) in [5, 5.41) is 12.6. The van der Waals surface area contributed by atoms with Gasteiger partial charge in [-0.1, -0.05) is 44.4 Å². The van der Waals surface area contributed by atoms with Crippen LogP contribution in [-0.2, 0) is 11.2 Å². The number of aliphatic hydroxyl groups is 1. The Morgan fingerprint density at radius 2 is 2.00 bits per heavy atom. The SMILES string of the molecule is CC(Cc1ccccc1F)C(=O)NCC1(CO)CCCCC1. The van der Waals surface area contributed by atoms with Crippen LogP contribution in [0.15, 0.2) is 24.3 Å². The summed E-state index contributed by atoms with van der Waals surface area (Å²) in [6.45, 7) is 2.45. The molecule has 1 unspecified atom stereocenters. The van der Waals surface area contributed by atoms with Gasteiger partial charge in [0.25, 0.3) is 0 Å². The summed E-state index contributed by atoms with van der Waals surface area (Å²) in [5.74, 6) is -0.612. The second-order valence-electron chi connectivity index (χ2n) is 6.63. The van der Waals surface area contributed by atoms with Crippen LogP contribution in [0.1, 0.15) is 44.6 Å². The average Bonchev–Trinajstić information content (AvgIpc) is 2.55. The maximum atomic E-state index is 13.6. The smallest absolute Gasteiger partial charge is 0.223 e. The van der Waals surface area contributed by atoms with E-state index in [9.17, 15) is 14.3 Å². The third-order valence-electron chi connectivity index (χ3n) is 4.82. The van der Waals surface area contributed by atoms with E-state index in [2.05, 4.69) is 5.32 Å². The molecule has 1 atom stereocenters. The van der Waals surface area contributed by atoms with Gasteiger partial charge in [0.1, 0.15) is 5.82 Å². The van der Waals surface area contributed by atoms with Gasteiger partial charge in [0.15, 0.2) is 0 Å². The van der Waals surface area contributed by atoms with Crippen LogP contribution in [0.3, 0.4) is 0 Å². The molecule has 22 heavy (non-hydrogen) atoms. The van der Waals surface area contributed by atoms with Gasteiger partial charge in [0, 0.05) is 17.9 Å². The summed E-state index contributed by atoms with van der Waals surface area (Å²) in [6, 6.07) is 6.57. The van der Waals surface area contributed by atoms with E-state index in [0.717, 1.165) is 25.7 Å². The minimum atomic E-state index is -0.281. The first-order valence-electron chi connectivity index (χ1n) is 8.18. The molecule has 1 aliphatic carbocycles. The monoisotopic (exact) mass is 307 g/mol. The molecule has 0 aliphatic heterocycles. The number of hydrogen-bond donors (Lipinski definition) is 2. The molecule has 1 aliphatic rings. The van der Waals surface area contributed by atoms with E-state index in [-0.39, 0.29) is 29.7 Å². The van der Waals surface area contributed by atoms with Gasteiger partial charge in [-0.05, 0) is 30.9 Å². The maximum Gasteiger partial charge on any atom is 0.223 e. The Labute approximate surface area is 131 Å². The van der Waals surface area contributed by atoms with Gasteiger partial charge in [-0.25, -0.2) is 4.39 Å². The Morgan fingerprint density at radius 1 is 1.32 bits per heavy atom. The number of carbonyl (C=O) groups excluding carboxylic acids is 1. The fourth-order valence-electron chi connectivity index (χ4n) is 3.23. The van der Waals surface area contributed by atoms with Crippen LogP contribution in [0.2, 0.25) is 0 Å². The highest BCUT2D eigenvalue weighted by molar-refractivity contribution is 5.78. The number of aliphatic hydroxyl groups excluding tert-OH is 1. The Bertz CT molecular complexity index is 498. The number of benzene rings is 1. The van der Waals surface area contributed by atoms with Gasteiger partial charge >= 0.3 is 0 Å². The summed E-state index contributed by atoms with van der Waals surface area (Å²) >= 11 is 0. The van der Waals surface area contributed by atoms with E-state index in [0.29, 0.717) is 18.5 Å². The molecule has 0 radical (unpaired) electrons. The van der Waals surface area contributed by atoms with E-state index in [1.807, 2.05) is 6.92 Å². The predicted molar refractivity (Wildman–Crippen MR) is 84.9 cm³/mol. The molecular weight excluding hydrogens is 281 g/mol. The van der Waals surface area contributed by atoms with Crippen molar-refractivity contribution in [1.29, 1.82) is 0 Å². The van der Waals surface area contributed by atoms with Crippen LogP contribution < -0.4 is 5.32 Å². The van der Waals surface area contributed by atoms with Gasteiger partial charge in [-0.15, -0.1) is 0 Å². The lowest BCUT2D eigenvalue weighted by Crippen LogP contribution is -2.43. The van der Waals surface area contributed by atoms with Crippen molar-refractivity contribution in [1.82, 2.24) is 5.32 Å². The number of carbonyl (C=O) groups is 1. The molecule has 0 heterocycles. The number of rotatable bonds is 6. The highest BCUT2D eigenvalue weighted by Crippen LogP contribution is 2.35. The minimum absolute atomic E-state index is 0.0679. The standard InChI is InChI=1S/C18H26FNO2/c1-14(11-15-7-3-4-8-16(15)19)17(22)20-12-18(13-21)9-5-2-6-10-18/h3-4,7-8,14,21H,2,5-6,9-13H2,1H3,(H,20,22). The summed E-state index contributed by atoms with van der Waals surface area (Å²) in [5.41, 5.74) is 0.408. The summed E-state index contributed by atoms with van der Waals surface area (Å²) in [7, 11) is 0. The first kappa shape index (κ1) is 16.9. The predicted octanol–water partition coefficient (Wildman–Crippen LogP) is 3.06. The molecular formula is C18H26FNO2. The highest BCUT2D eigenvalue weighted by Gasteiger charge is 2.32. The lowest BCUT2D eigenvalue weighted by atomic mass is 9.74. The van der Waals surface area contributed by atoms with Crippen LogP contribution in [0, 0.1) is 17.2 Å². The van der Waals surface area contributed by atoms with Gasteiger partial charge < -0.3 is 10.4 Å². The minimum Gasteiger partial charge on any atom is -0.396 e. The average molecular weight is 307 g/mol. The molecule has 1 saturated carbocycles. The lowest BCUT2D eigenvalue weighted by molar-refractivity contribution is -0.125. The fraction of sp³-hybridized carbons (Fsp3) is 0.611. The quantitative estimate of drug-likeness (QED) is 0.848. The molecule has 0 saturated heterocycles. The molecule has 2 N–H and O–H groups in total. The third kappa shape index (κ3) is 4.29. The van der Waals surface area contributed by atoms with Gasteiger partial charge in [0.05, 0.1) is 6.61 Å². The van der Waals surface area contributed by atoms with E-state index in [1.165, 1.54) is 12.5 Å². The van der Waals surface area contributed by atoms with E-state index in [1.54, 1.807) is 18.2 Å². The molecule has 122 valence electrons. The second-order valence-corrected chi connectivity index (χ2v) is 6.63. The third-order valence-corrected chi connectivity index (χ3v) is 4.82. The van der Waals surface area contributed by atoms with Crippen LogP contribution >= 0.6 is 0 Å². The fourth-order valence-corrected chi connectivity index (χ4v) is 3.23. The Balaban J connectivity index is 1.87. The van der Waals surface area contributed by atoms with Crippen molar-refractivity contribution in [3.8, 4) is 0 Å². The zero-order valence-corrected chi connectivity index (χ0v) is 13.3. The highest BCUT2D eigenvalue weighted by atomic mass is 19.1. The Morgan fingerprint density at radius 3 is 2.64 bits per heavy atom. The number of halogens is 1. The topological polar surface area (TPSA) is 49.3 Å². The van der Waals surface area contributed by atoms with Crippen molar-refractivity contribution >= 4 is 5.91 Å². The Kier molecular flexibility index (Phi) is 5.95. The molecule has 1 aromatic carbocycles. The maximum absolute atomic E-state index is 13.6. The van der Waals surface area contributed by atoms with Crippen LogP contribution in [0.4, 0.5) is 4.39 Å². The normalized spacial score (nSPS) is 18.7. The van der Waals surface area contributed by atoms with Crippen LogP contribution in [0.25, 0.3) is 0 Å². The van der Waals surface area contributed by atoms with Crippen molar-refractivity contribution in [3.05, 3.63) is 35.6 Å². The van der Waals surface area contributed by atoms with E-state index >= 15 is 0 Å². The van der Waals surface area contributed by atoms with Crippen LogP contribution in [-0.4, -0.2) is 24.2 Å². The van der Waals surface area contributed by atoms with Gasteiger partial charge in [-0.3, -0.25) is 4.79 Å². The molecule has 0 aromatic heterocycles. The molecule has 1 fully saturated rings. The van der Waals surface area contributed by atoms with Crippen molar-refractivity contribution in [3.63, 3.8) is 0 Å². The molecule has 3 nitrogen and oxygen atoms in total. The van der Waals surface area contributed by atoms with Crippen molar-refractivity contribution < 1.29 is 14.3 Å². The van der Waals surface area contributed by atoms with Crippen molar-refractivity contribution in [2.24, 2.45) is 11.3 Å². The molecule has 0 spiro atoms. The zero-order valence-electron chi connectivity index (χ0n) is 13.3. The molecule has 2 rings (SSSR count). The van der Waals surface area contributed by atoms with Gasteiger partial charge in [0.2, 0.25) is 5.91 Å². The van der Waals surface area contributed by atoms with Gasteiger partial charge in [-0.2, -0.15) is 0 Å². The first-order chi connectivity index (χ1) is 10.6. The number of nitrogens with one attached hydrogen (secondary N) is 1. The molecule has 1 aromatic rings. The molecule has 0 bridgehead atoms. The van der Waals surface area contributed by atoms with Crippen molar-refractivity contribution in [2.75, 3.05) is 13.2 Å². The van der Waals surface area contributed by atoms with Crippen LogP contribution in [0.5, 0.6) is 0 Å².